The smallest absolute Gasteiger partial charge is 0.132 e. The first kappa shape index (κ1) is 21.9. The highest BCUT2D eigenvalue weighted by molar-refractivity contribution is 6.30. The van der Waals surface area contributed by atoms with E-state index in [9.17, 15) is 0 Å². The van der Waals surface area contributed by atoms with E-state index in [0.717, 1.165) is 23.6 Å². The Hall–Kier alpha value is -1.12. The normalized spacial score (nSPS) is 15.2. The fourth-order valence-electron chi connectivity index (χ4n) is 2.50. The summed E-state index contributed by atoms with van der Waals surface area (Å²) < 4.78 is 0. The Morgan fingerprint density at radius 2 is 1.76 bits per heavy atom. The van der Waals surface area contributed by atoms with E-state index in [1.807, 2.05) is 38.1 Å². The number of halogens is 2. The molecule has 1 aliphatic carbocycles. The van der Waals surface area contributed by atoms with Crippen molar-refractivity contribution in [2.75, 3.05) is 0 Å². The summed E-state index contributed by atoms with van der Waals surface area (Å²) >= 11 is 11.7. The maximum Gasteiger partial charge on any atom is 0.132 e. The van der Waals surface area contributed by atoms with Crippen LogP contribution in [0, 0.1) is 5.92 Å². The van der Waals surface area contributed by atoms with Gasteiger partial charge >= 0.3 is 0 Å². The molecule has 138 valence electrons. The van der Waals surface area contributed by atoms with Crippen LogP contribution < -0.4 is 0 Å². The van der Waals surface area contributed by atoms with Crippen LogP contribution in [0.25, 0.3) is 0 Å². The van der Waals surface area contributed by atoms with Gasteiger partial charge in [-0.3, -0.25) is 0 Å². The highest BCUT2D eigenvalue weighted by atomic mass is 35.5. The second-order valence-corrected chi connectivity index (χ2v) is 6.95. The molecule has 0 aromatic carbocycles. The van der Waals surface area contributed by atoms with Gasteiger partial charge in [-0.2, -0.15) is 0 Å². The van der Waals surface area contributed by atoms with Crippen molar-refractivity contribution in [2.24, 2.45) is 5.92 Å². The van der Waals surface area contributed by atoms with Crippen LogP contribution >= 0.6 is 23.2 Å². The van der Waals surface area contributed by atoms with Crippen molar-refractivity contribution in [3.05, 3.63) is 58.1 Å². The molecule has 0 N–H and O–H groups in total. The van der Waals surface area contributed by atoms with Crippen molar-refractivity contribution in [1.82, 2.24) is 9.97 Å². The van der Waals surface area contributed by atoms with Crippen molar-refractivity contribution in [3.63, 3.8) is 0 Å². The summed E-state index contributed by atoms with van der Waals surface area (Å²) in [6.07, 6.45) is 5.53. The molecular formula is C21H30Cl2N2. The van der Waals surface area contributed by atoms with Gasteiger partial charge in [0.15, 0.2) is 0 Å². The summed E-state index contributed by atoms with van der Waals surface area (Å²) in [7, 11) is 0. The summed E-state index contributed by atoms with van der Waals surface area (Å²) in [5, 5.41) is 1.25. The molecule has 1 aliphatic rings. The van der Waals surface area contributed by atoms with E-state index < -0.39 is 0 Å². The largest absolute Gasteiger partial charge is 0.244 e. The van der Waals surface area contributed by atoms with E-state index in [4.69, 9.17) is 23.2 Å². The van der Waals surface area contributed by atoms with Crippen LogP contribution in [0.15, 0.2) is 36.5 Å². The van der Waals surface area contributed by atoms with E-state index >= 15 is 0 Å². The van der Waals surface area contributed by atoms with E-state index in [1.165, 1.54) is 12.8 Å². The van der Waals surface area contributed by atoms with Crippen LogP contribution in [0.1, 0.15) is 77.0 Å². The quantitative estimate of drug-likeness (QED) is 0.512. The number of nitrogens with zero attached hydrogens (tertiary/aromatic N) is 2. The first-order chi connectivity index (χ1) is 12.0. The van der Waals surface area contributed by atoms with Gasteiger partial charge in [-0.1, -0.05) is 70.0 Å². The van der Waals surface area contributed by atoms with Gasteiger partial charge < -0.3 is 0 Å². The van der Waals surface area contributed by atoms with Crippen molar-refractivity contribution >= 4 is 23.2 Å². The second kappa shape index (κ2) is 11.5. The molecule has 0 spiro atoms. The lowest BCUT2D eigenvalue weighted by molar-refractivity contribution is 0.644. The van der Waals surface area contributed by atoms with Gasteiger partial charge in [0.2, 0.25) is 0 Å². The third kappa shape index (κ3) is 7.33. The van der Waals surface area contributed by atoms with E-state index in [-0.39, 0.29) is 0 Å². The molecule has 0 amide bonds. The first-order valence-corrected chi connectivity index (χ1v) is 10.0. The lowest BCUT2D eigenvalue weighted by Gasteiger charge is -2.08. The molecule has 3 rings (SSSR count). The molecule has 2 unspecified atom stereocenters. The summed E-state index contributed by atoms with van der Waals surface area (Å²) in [6, 6.07) is 9.82. The number of aromatic nitrogens is 2. The molecule has 2 nitrogen and oxygen atoms in total. The number of hydrogen-bond donors (Lipinski definition) is 0. The van der Waals surface area contributed by atoms with Gasteiger partial charge in [-0.15, -0.1) is 0 Å². The number of hydrogen-bond acceptors (Lipinski definition) is 2. The van der Waals surface area contributed by atoms with E-state index in [1.54, 1.807) is 6.20 Å². The molecule has 4 heteroatoms. The molecule has 2 aromatic heterocycles. The Morgan fingerprint density at radius 3 is 2.28 bits per heavy atom. The van der Waals surface area contributed by atoms with Crippen LogP contribution in [0.5, 0.6) is 0 Å². The van der Waals surface area contributed by atoms with Crippen molar-refractivity contribution < 1.29 is 0 Å². The highest BCUT2D eigenvalue weighted by Crippen LogP contribution is 2.41. The minimum absolute atomic E-state index is 0.510. The van der Waals surface area contributed by atoms with Gasteiger partial charge in [-0.05, 0) is 54.9 Å². The van der Waals surface area contributed by atoms with Crippen LogP contribution in [0.4, 0.5) is 0 Å². The highest BCUT2D eigenvalue weighted by Gasteiger charge is 2.29. The zero-order chi connectivity index (χ0) is 18.8. The molecule has 1 fully saturated rings. The molecule has 1 saturated carbocycles. The molecule has 2 atom stereocenters. The Bertz CT molecular complexity index is 627. The van der Waals surface area contributed by atoms with Gasteiger partial charge in [-0.25, -0.2) is 9.97 Å². The summed E-state index contributed by atoms with van der Waals surface area (Å²) in [5.41, 5.74) is 2.29. The van der Waals surface area contributed by atoms with Crippen LogP contribution in [-0.2, 0) is 0 Å². The SMILES string of the molecule is CC.CC(c1cccc(Cl)n1)C1CC1.CCC(C)c1cccnc1Cl. The average molecular weight is 381 g/mol. The third-order valence-electron chi connectivity index (χ3n) is 4.46. The Morgan fingerprint density at radius 1 is 1.08 bits per heavy atom. The molecule has 0 saturated heterocycles. The molecular weight excluding hydrogens is 351 g/mol. The first-order valence-electron chi connectivity index (χ1n) is 9.25. The minimum atomic E-state index is 0.510. The number of pyridine rings is 2. The Kier molecular flexibility index (Phi) is 10.1. The topological polar surface area (TPSA) is 25.8 Å². The Balaban J connectivity index is 0.000000229. The number of rotatable bonds is 4. The maximum absolute atomic E-state index is 5.89. The van der Waals surface area contributed by atoms with Gasteiger partial charge in [0.1, 0.15) is 10.3 Å². The minimum Gasteiger partial charge on any atom is -0.244 e. The molecule has 2 heterocycles. The fourth-order valence-corrected chi connectivity index (χ4v) is 2.98. The summed E-state index contributed by atoms with van der Waals surface area (Å²) in [6.45, 7) is 10.5. The van der Waals surface area contributed by atoms with Crippen molar-refractivity contribution in [2.45, 2.75) is 65.7 Å². The standard InChI is InChI=1S/C10H12ClN.C9H12ClN.C2H6/c1-7(8-5-6-8)9-3-2-4-10(11)12-9;1-3-7(2)8-5-4-6-11-9(8)10;1-2/h2-4,7-8H,5-6H2,1H3;4-7H,3H2,1-2H3;1-2H3. The zero-order valence-corrected chi connectivity index (χ0v) is 17.5. The predicted molar refractivity (Wildman–Crippen MR) is 110 cm³/mol. The van der Waals surface area contributed by atoms with Crippen molar-refractivity contribution in [3.8, 4) is 0 Å². The average Bonchev–Trinajstić information content (AvgIpc) is 3.48. The van der Waals surface area contributed by atoms with Gasteiger partial charge in [0, 0.05) is 17.8 Å². The summed E-state index contributed by atoms with van der Waals surface area (Å²) in [4.78, 5) is 8.31. The summed E-state index contributed by atoms with van der Waals surface area (Å²) in [5.74, 6) is 1.95. The lowest BCUT2D eigenvalue weighted by Crippen LogP contribution is -1.98. The lowest BCUT2D eigenvalue weighted by atomic mass is 10.0. The van der Waals surface area contributed by atoms with Crippen molar-refractivity contribution in [1.29, 1.82) is 0 Å². The molecule has 0 bridgehead atoms. The molecule has 0 aliphatic heterocycles. The van der Waals surface area contributed by atoms with Crippen LogP contribution in [0.3, 0.4) is 0 Å². The van der Waals surface area contributed by atoms with E-state index in [0.29, 0.717) is 22.1 Å². The fraction of sp³-hybridized carbons (Fsp3) is 0.524. The zero-order valence-electron chi connectivity index (χ0n) is 16.0. The predicted octanol–water partition coefficient (Wildman–Crippen LogP) is 7.52. The molecule has 25 heavy (non-hydrogen) atoms. The second-order valence-electron chi connectivity index (χ2n) is 6.20. The van der Waals surface area contributed by atoms with Crippen LogP contribution in [-0.4, -0.2) is 9.97 Å². The van der Waals surface area contributed by atoms with Crippen LogP contribution in [0.2, 0.25) is 10.3 Å². The monoisotopic (exact) mass is 380 g/mol. The molecule has 0 radical (unpaired) electrons. The molecule has 2 aromatic rings. The third-order valence-corrected chi connectivity index (χ3v) is 4.99. The Labute approximate surface area is 163 Å². The van der Waals surface area contributed by atoms with Gasteiger partial charge in [0.25, 0.3) is 0 Å². The van der Waals surface area contributed by atoms with Gasteiger partial charge in [0.05, 0.1) is 0 Å². The van der Waals surface area contributed by atoms with E-state index in [2.05, 4.69) is 36.8 Å². The maximum atomic E-state index is 5.89.